The van der Waals surface area contributed by atoms with E-state index in [-0.39, 0.29) is 0 Å². The molecule has 0 atom stereocenters. The van der Waals surface area contributed by atoms with Gasteiger partial charge in [-0.05, 0) is 96.3 Å². The summed E-state index contributed by atoms with van der Waals surface area (Å²) in [7, 11) is -15.4. The smallest absolute Gasteiger partial charge is 0.171 e. The Balaban J connectivity index is 0.000000294. The van der Waals surface area contributed by atoms with Gasteiger partial charge >= 0.3 is 0 Å². The highest BCUT2D eigenvalue weighted by molar-refractivity contribution is 7.85. The summed E-state index contributed by atoms with van der Waals surface area (Å²) in [5.74, 6) is 0. The van der Waals surface area contributed by atoms with Crippen molar-refractivity contribution in [2.24, 2.45) is 0 Å². The van der Waals surface area contributed by atoms with Gasteiger partial charge in [-0.3, -0.25) is 0 Å². The molecule has 3 aliphatic carbocycles. The number of hydrogen-bond donors (Lipinski definition) is 0. The minimum absolute atomic E-state index is 0.627. The molecule has 8 aromatic carbocycles. The molecule has 0 radical (unpaired) electrons. The Hall–Kier alpha value is -4.63. The molecule has 14 heteroatoms. The molecule has 796 valence electrons. The van der Waals surface area contributed by atoms with Gasteiger partial charge in [0.1, 0.15) is 21.4 Å². The Kier molecular flexibility index (Phi) is 71.5. The summed E-state index contributed by atoms with van der Waals surface area (Å²) >= 11 is 0. The summed E-state index contributed by atoms with van der Waals surface area (Å²) in [6.45, 7) is 22.1. The van der Waals surface area contributed by atoms with Crippen LogP contribution in [-0.4, -0.2) is 78.6 Å². The fourth-order valence-electron chi connectivity index (χ4n) is 21.3. The molecule has 0 aliphatic heterocycles. The summed E-state index contributed by atoms with van der Waals surface area (Å²) in [5, 5.41) is 7.62. The van der Waals surface area contributed by atoms with E-state index in [4.69, 9.17) is 0 Å². The quantitative estimate of drug-likeness (QED) is 0.0275. The molecule has 7 nitrogen and oxygen atoms in total. The highest BCUT2D eigenvalue weighted by atomic mass is 31.2. The second-order valence-electron chi connectivity index (χ2n) is 41.9. The normalized spacial score (nSPS) is 14.0. The molecular formula is C128H207O7P7. The topological polar surface area (TPSA) is 119 Å². The van der Waals surface area contributed by atoms with Gasteiger partial charge in [0, 0.05) is 121 Å². The van der Waals surface area contributed by atoms with Crippen molar-refractivity contribution in [3.8, 4) is 0 Å². The third-order valence-electron chi connectivity index (χ3n) is 30.2. The first kappa shape index (κ1) is 128. The average Bonchev–Trinajstić information content (AvgIpc) is 0.768. The van der Waals surface area contributed by atoms with Crippen LogP contribution in [0.1, 0.15) is 435 Å². The molecule has 3 saturated carbocycles. The average molecular weight is 2070 g/mol. The minimum Gasteiger partial charge on any atom is -0.324 e. The minimum atomic E-state index is -2.78. The van der Waals surface area contributed by atoms with Gasteiger partial charge in [-0.25, -0.2) is 0 Å². The molecule has 0 bridgehead atoms. The third kappa shape index (κ3) is 49.9. The zero-order valence-corrected chi connectivity index (χ0v) is 98.5. The lowest BCUT2D eigenvalue weighted by molar-refractivity contribution is 0.418. The number of unbranched alkanes of at least 4 members (excludes halogenated alkanes) is 33. The van der Waals surface area contributed by atoms with Crippen LogP contribution in [0, 0.1) is 0 Å². The standard InChI is InChI=1S/C24H51OP.C22H39OP.C20H27OP.C18H33OP.C18H15OP.C14H15OP.C12H27OP/c1-4-7-10-13-16-19-22-26(25,23-20-17-14-11-8-5-2)24-21-18-15-12-9-6-3;1-3-5-7-9-11-16-20-24(23,22-18-14-13-15-19-22)21-17-12-10-8-6-4-2;1-2-3-4-5-6-13-18-22(21,19-14-9-7-10-15-19)20-16-11-8-12-17-20;2*19-20(16-10-4-1-5-11-16,17-12-6-2-7-13-17)18-14-8-3-9-15-18;1-2-16(15,13-9-5-3-6-10-13)14-11-7-4-8-12-14;1-4-7-10-14(13,11-8-5-2)12-9-6-3/h4-24H2,1-3H3;13-15,18-19H,3-12,16-17,20-21H2,1-2H3;7-12,14-17H,2-6,13,18H2,1H3;16-18H,1-15H2;1-15H;3-12H,2H2,1H3;4-12H2,1-3H3. The van der Waals surface area contributed by atoms with Crippen LogP contribution in [0.15, 0.2) is 243 Å². The lowest BCUT2D eigenvalue weighted by Crippen LogP contribution is -2.31. The van der Waals surface area contributed by atoms with E-state index in [0.717, 1.165) is 136 Å². The van der Waals surface area contributed by atoms with Crippen LogP contribution in [0.5, 0.6) is 0 Å². The van der Waals surface area contributed by atoms with Crippen LogP contribution in [0.3, 0.4) is 0 Å². The molecule has 142 heavy (non-hydrogen) atoms. The summed E-state index contributed by atoms with van der Waals surface area (Å²) in [4.78, 5) is 0. The predicted molar refractivity (Wildman–Crippen MR) is 642 cm³/mol. The van der Waals surface area contributed by atoms with E-state index in [1.165, 1.54) is 327 Å². The van der Waals surface area contributed by atoms with E-state index in [0.29, 0.717) is 23.1 Å². The maximum Gasteiger partial charge on any atom is 0.171 e. The maximum absolute atomic E-state index is 14.3. The van der Waals surface area contributed by atoms with Gasteiger partial charge < -0.3 is 32.0 Å². The van der Waals surface area contributed by atoms with Crippen molar-refractivity contribution in [2.75, 3.05) is 61.6 Å². The summed E-state index contributed by atoms with van der Waals surface area (Å²) in [5.41, 5.74) is 1.88. The second kappa shape index (κ2) is 79.4. The predicted octanol–water partition coefficient (Wildman–Crippen LogP) is 39.6. The van der Waals surface area contributed by atoms with Gasteiger partial charge in [0.2, 0.25) is 0 Å². The van der Waals surface area contributed by atoms with E-state index in [9.17, 15) is 32.0 Å². The second-order valence-corrected chi connectivity index (χ2v) is 64.6. The van der Waals surface area contributed by atoms with Gasteiger partial charge in [0.25, 0.3) is 0 Å². The van der Waals surface area contributed by atoms with Gasteiger partial charge in [-0.2, -0.15) is 0 Å². The molecule has 3 aliphatic rings. The molecule has 0 spiro atoms. The largest absolute Gasteiger partial charge is 0.324 e. The Morgan fingerprint density at radius 1 is 0.176 bits per heavy atom. The first-order valence-corrected chi connectivity index (χ1v) is 72.8. The Labute approximate surface area is 874 Å². The van der Waals surface area contributed by atoms with E-state index >= 15 is 0 Å². The SMILES string of the molecule is CCCCCCCCP(=O)(CCCCCCCC)CCCCCCCC.CCCCCCCCP(=O)(CCCCCCCC)c1ccccc1.CCCCCCCCP(=O)(c1ccccc1)c1ccccc1.CCCCP(=O)(CCCC)CCCC.CCP(=O)(c1ccccc1)c1ccccc1.O=P(C1CCCCC1)(C1CCCCC1)C1CCCCC1.O=P(c1ccccc1)(c1ccccc1)c1ccccc1. The maximum atomic E-state index is 14.3. The lowest BCUT2D eigenvalue weighted by Gasteiger charge is -2.44. The fourth-order valence-corrected chi connectivity index (χ4v) is 43.8. The van der Waals surface area contributed by atoms with Crippen LogP contribution in [0.25, 0.3) is 0 Å². The van der Waals surface area contributed by atoms with Crippen LogP contribution in [-0.2, 0) is 32.0 Å². The first-order chi connectivity index (χ1) is 69.3. The Morgan fingerprint density at radius 3 is 0.570 bits per heavy atom. The van der Waals surface area contributed by atoms with Crippen molar-refractivity contribution >= 4 is 92.4 Å². The number of benzene rings is 8. The van der Waals surface area contributed by atoms with Crippen LogP contribution in [0.2, 0.25) is 0 Å². The van der Waals surface area contributed by atoms with Crippen molar-refractivity contribution in [1.82, 2.24) is 0 Å². The Bertz CT molecular complexity index is 4310. The molecule has 8 aromatic rings. The molecule has 0 amide bonds. The van der Waals surface area contributed by atoms with E-state index in [2.05, 4.69) is 74.4 Å². The van der Waals surface area contributed by atoms with Crippen molar-refractivity contribution in [2.45, 2.75) is 452 Å². The van der Waals surface area contributed by atoms with Crippen LogP contribution in [0.4, 0.5) is 0 Å². The molecule has 0 unspecified atom stereocenters. The zero-order chi connectivity index (χ0) is 103. The summed E-state index contributed by atoms with van der Waals surface area (Å²) in [6.07, 6.45) is 83.0. The van der Waals surface area contributed by atoms with Crippen LogP contribution >= 0.6 is 50.0 Å². The van der Waals surface area contributed by atoms with E-state index in [1.54, 1.807) is 0 Å². The van der Waals surface area contributed by atoms with Gasteiger partial charge in [-0.1, -0.05) is 582 Å². The first-order valence-electron chi connectivity index (χ1n) is 58.8. The van der Waals surface area contributed by atoms with E-state index < -0.39 is 50.0 Å². The zero-order valence-electron chi connectivity index (χ0n) is 92.2. The molecular weight excluding hydrogens is 1870 g/mol. The van der Waals surface area contributed by atoms with Gasteiger partial charge in [0.15, 0.2) is 7.14 Å². The van der Waals surface area contributed by atoms with Crippen molar-refractivity contribution < 1.29 is 32.0 Å². The van der Waals surface area contributed by atoms with Crippen molar-refractivity contribution in [1.29, 1.82) is 0 Å². The molecule has 0 heterocycles. The van der Waals surface area contributed by atoms with E-state index in [1.807, 2.05) is 237 Å². The molecule has 0 aromatic heterocycles. The van der Waals surface area contributed by atoms with Gasteiger partial charge in [-0.15, -0.1) is 0 Å². The highest BCUT2D eigenvalue weighted by Gasteiger charge is 2.47. The third-order valence-corrected chi connectivity index (χ3v) is 54.8. The summed E-state index contributed by atoms with van der Waals surface area (Å²) in [6, 6.07) is 79.0. The number of hydrogen-bond acceptors (Lipinski definition) is 7. The highest BCUT2D eigenvalue weighted by Crippen LogP contribution is 2.68. The molecule has 0 N–H and O–H groups in total. The number of rotatable bonds is 63. The van der Waals surface area contributed by atoms with Crippen LogP contribution < -0.4 is 42.4 Å². The molecule has 11 rings (SSSR count). The fraction of sp³-hybridized carbons (Fsp3) is 0.625. The lowest BCUT2D eigenvalue weighted by atomic mass is 9.99. The Morgan fingerprint density at radius 2 is 0.352 bits per heavy atom. The van der Waals surface area contributed by atoms with Gasteiger partial charge in [0.05, 0.1) is 21.4 Å². The molecule has 3 fully saturated rings. The monoisotopic (exact) mass is 2070 g/mol. The van der Waals surface area contributed by atoms with Crippen molar-refractivity contribution in [3.63, 3.8) is 0 Å². The van der Waals surface area contributed by atoms with Crippen molar-refractivity contribution in [3.05, 3.63) is 243 Å². The molecule has 0 saturated heterocycles. The summed E-state index contributed by atoms with van der Waals surface area (Å²) < 4.78 is 94.3.